The van der Waals surface area contributed by atoms with Crippen molar-refractivity contribution in [1.29, 1.82) is 0 Å². The third kappa shape index (κ3) is 7.50. The fourth-order valence-electron chi connectivity index (χ4n) is 10.8. The van der Waals surface area contributed by atoms with Crippen LogP contribution in [-0.2, 0) is 20.9 Å². The van der Waals surface area contributed by atoms with Crippen LogP contribution >= 0.6 is 0 Å². The van der Waals surface area contributed by atoms with Crippen molar-refractivity contribution < 1.29 is 20.9 Å². The SMILES string of the molecule is CCC1=Cc2c(-c3cc(C)cc(C)c3)ccc(-c3cc(C)cc(C)c3)c2[CH]1[Zr]([CH]1C(CC)=Cc2c(-c3cc(C)cc(C)c3)ccc(-c3cc(C)cc(C)c3)c21)[SiH](C)C. The van der Waals surface area contributed by atoms with Crippen LogP contribution in [0.4, 0.5) is 0 Å². The third-order valence-electron chi connectivity index (χ3n) is 12.8. The number of allylic oxidation sites excluding steroid dienone is 2. The molecule has 2 heteroatoms. The molecule has 58 heavy (non-hydrogen) atoms. The normalized spacial score (nSPS) is 15.7. The molecule has 6 aromatic carbocycles. The van der Waals surface area contributed by atoms with Gasteiger partial charge in [0, 0.05) is 0 Å². The van der Waals surface area contributed by atoms with Gasteiger partial charge in [0.15, 0.2) is 0 Å². The molecule has 2 atom stereocenters. The van der Waals surface area contributed by atoms with E-state index in [0.29, 0.717) is 7.25 Å². The van der Waals surface area contributed by atoms with Crippen molar-refractivity contribution in [3.8, 4) is 44.5 Å². The van der Waals surface area contributed by atoms with Crippen LogP contribution in [0.5, 0.6) is 0 Å². The topological polar surface area (TPSA) is 0 Å². The summed E-state index contributed by atoms with van der Waals surface area (Å²) in [5, 5.41) is 0. The van der Waals surface area contributed by atoms with Gasteiger partial charge < -0.3 is 0 Å². The Morgan fingerprint density at radius 2 is 0.655 bits per heavy atom. The van der Waals surface area contributed by atoms with Gasteiger partial charge in [-0.1, -0.05) is 0 Å². The number of rotatable bonds is 9. The number of fused-ring (bicyclic) bond motifs is 2. The molecule has 0 fully saturated rings. The number of hydrogen-bond donors (Lipinski definition) is 0. The molecule has 0 bridgehead atoms. The fraction of sp³-hybridized carbons (Fsp3) is 0.286. The van der Waals surface area contributed by atoms with Gasteiger partial charge in [0.2, 0.25) is 0 Å². The summed E-state index contributed by atoms with van der Waals surface area (Å²) < 4.78 is 1.05. The number of benzene rings is 6. The zero-order chi connectivity index (χ0) is 41.2. The molecule has 0 spiro atoms. The monoisotopic (exact) mass is 851 g/mol. The van der Waals surface area contributed by atoms with Gasteiger partial charge in [-0.15, -0.1) is 0 Å². The van der Waals surface area contributed by atoms with Crippen molar-refractivity contribution in [3.63, 3.8) is 0 Å². The molecule has 0 heterocycles. The van der Waals surface area contributed by atoms with Gasteiger partial charge in [-0.05, 0) is 0 Å². The van der Waals surface area contributed by atoms with Crippen LogP contribution in [0.15, 0.2) is 108 Å². The summed E-state index contributed by atoms with van der Waals surface area (Å²) in [6.45, 7) is 28.4. The molecule has 8 rings (SSSR count). The molecule has 6 aromatic rings. The minimum absolute atomic E-state index is 0.526. The molecule has 0 nitrogen and oxygen atoms in total. The molecule has 0 N–H and O–H groups in total. The zero-order valence-electron chi connectivity index (χ0n) is 37.0. The second-order valence-electron chi connectivity index (χ2n) is 18.1. The summed E-state index contributed by atoms with van der Waals surface area (Å²) in [5.41, 5.74) is 31.6. The predicted molar refractivity (Wildman–Crippen MR) is 253 cm³/mol. The Kier molecular flexibility index (Phi) is 11.3. The Labute approximate surface area is 358 Å². The van der Waals surface area contributed by atoms with Crippen LogP contribution in [0.1, 0.15) is 101 Å². The molecule has 2 aliphatic rings. The Hall–Kier alpha value is -4.10. The third-order valence-corrected chi connectivity index (χ3v) is 34.5. The van der Waals surface area contributed by atoms with Gasteiger partial charge >= 0.3 is 361 Å². The van der Waals surface area contributed by atoms with Crippen LogP contribution in [-0.4, -0.2) is 5.92 Å². The van der Waals surface area contributed by atoms with Crippen molar-refractivity contribution in [2.45, 2.75) is 102 Å². The Balaban J connectivity index is 1.43. The van der Waals surface area contributed by atoms with E-state index in [1.807, 2.05) is 0 Å². The molecule has 293 valence electrons. The van der Waals surface area contributed by atoms with Gasteiger partial charge in [-0.25, -0.2) is 0 Å². The Morgan fingerprint density at radius 1 is 0.397 bits per heavy atom. The Morgan fingerprint density at radius 3 is 0.914 bits per heavy atom. The van der Waals surface area contributed by atoms with Gasteiger partial charge in [-0.2, -0.15) is 0 Å². The first-order valence-electron chi connectivity index (χ1n) is 21.7. The first-order valence-corrected chi connectivity index (χ1v) is 31.7. The molecule has 0 saturated carbocycles. The molecule has 2 aliphatic carbocycles. The summed E-state index contributed by atoms with van der Waals surface area (Å²) in [5.74, 6) is -1.18. The van der Waals surface area contributed by atoms with E-state index in [9.17, 15) is 0 Å². The van der Waals surface area contributed by atoms with E-state index in [0.717, 1.165) is 12.8 Å². The zero-order valence-corrected chi connectivity index (χ0v) is 40.7. The van der Waals surface area contributed by atoms with E-state index in [1.165, 1.54) is 100 Å². The second kappa shape index (κ2) is 16.2. The van der Waals surface area contributed by atoms with Gasteiger partial charge in [-0.3, -0.25) is 0 Å². The van der Waals surface area contributed by atoms with Crippen LogP contribution in [0.25, 0.3) is 56.7 Å². The van der Waals surface area contributed by atoms with Gasteiger partial charge in [0.1, 0.15) is 0 Å². The Bertz CT molecular complexity index is 2410. The van der Waals surface area contributed by atoms with Gasteiger partial charge in [0.25, 0.3) is 0 Å². The molecular weight excluding hydrogens is 792 g/mol. The molecule has 0 aromatic heterocycles. The minimum atomic E-state index is -2.55. The fourth-order valence-corrected chi connectivity index (χ4v) is 34.0. The molecule has 2 unspecified atom stereocenters. The van der Waals surface area contributed by atoms with Crippen LogP contribution in [0, 0.1) is 55.4 Å². The summed E-state index contributed by atoms with van der Waals surface area (Å²) >= 11 is -2.55. The van der Waals surface area contributed by atoms with E-state index in [1.54, 1.807) is 22.3 Å². The van der Waals surface area contributed by atoms with E-state index in [-0.39, 0.29) is 0 Å². The summed E-state index contributed by atoms with van der Waals surface area (Å²) in [4.78, 5) is 0. The van der Waals surface area contributed by atoms with Crippen molar-refractivity contribution in [1.82, 2.24) is 0 Å². The summed E-state index contributed by atoms with van der Waals surface area (Å²) in [6, 6.07) is 38.7. The molecule has 0 saturated heterocycles. The van der Waals surface area contributed by atoms with Crippen LogP contribution in [0.2, 0.25) is 13.1 Å². The first kappa shape index (κ1) is 40.7. The van der Waals surface area contributed by atoms with E-state index in [2.05, 4.69) is 192 Å². The van der Waals surface area contributed by atoms with Gasteiger partial charge in [0.05, 0.1) is 0 Å². The van der Waals surface area contributed by atoms with Crippen molar-refractivity contribution >= 4 is 18.1 Å². The second-order valence-corrected chi connectivity index (χ2v) is 38.2. The summed E-state index contributed by atoms with van der Waals surface area (Å²) in [6.07, 6.45) is 7.58. The van der Waals surface area contributed by atoms with Crippen molar-refractivity contribution in [3.05, 3.63) is 175 Å². The van der Waals surface area contributed by atoms with Crippen molar-refractivity contribution in [2.75, 3.05) is 0 Å². The maximum absolute atomic E-state index is 2.74. The predicted octanol–water partition coefficient (Wildman–Crippen LogP) is 15.8. The average Bonchev–Trinajstić information content (AvgIpc) is 3.72. The standard InChI is InChI=1S/2C27H27.C2H7Si.Zr/c2*1-6-21-15-26-24(22-11-17(2)9-18(3)12-22)7-8-25(27(26)16-21)23-13-19(4)10-20(5)14-23;1-3-2;/h2*7-16H,6H2,1-5H3;3H,1-2H3;. The first-order chi connectivity index (χ1) is 27.7. The van der Waals surface area contributed by atoms with Crippen LogP contribution in [0.3, 0.4) is 0 Å². The van der Waals surface area contributed by atoms with E-state index >= 15 is 0 Å². The molecule has 0 amide bonds. The summed E-state index contributed by atoms with van der Waals surface area (Å²) in [7, 11) is 0. The van der Waals surface area contributed by atoms with Crippen molar-refractivity contribution in [2.24, 2.45) is 0 Å². The van der Waals surface area contributed by atoms with E-state index in [4.69, 9.17) is 0 Å². The molecule has 0 radical (unpaired) electrons. The van der Waals surface area contributed by atoms with E-state index < -0.39 is 26.8 Å². The number of aryl methyl sites for hydroxylation is 8. The molecular formula is C56H61SiZr. The number of hydrogen-bond acceptors (Lipinski definition) is 0. The quantitative estimate of drug-likeness (QED) is 0.127. The molecule has 0 aliphatic heterocycles. The van der Waals surface area contributed by atoms with Crippen LogP contribution < -0.4 is 0 Å². The average molecular weight is 853 g/mol. The maximum atomic E-state index is 2.74.